The summed E-state index contributed by atoms with van der Waals surface area (Å²) in [5.41, 5.74) is -1.36. The number of ether oxygens (including phenoxy) is 1. The predicted molar refractivity (Wildman–Crippen MR) is 91.2 cm³/mol. The summed E-state index contributed by atoms with van der Waals surface area (Å²) in [5.74, 6) is -0.868. The molecule has 0 N–H and O–H groups in total. The van der Waals surface area contributed by atoms with Crippen LogP contribution in [0.3, 0.4) is 0 Å². The zero-order valence-electron chi connectivity index (χ0n) is 15.1. The molecule has 1 saturated carbocycles. The topological polar surface area (TPSA) is 26.3 Å². The molecule has 0 aromatic heterocycles. The fourth-order valence-corrected chi connectivity index (χ4v) is 3.60. The molecule has 6 heteroatoms. The Hall–Kier alpha value is -1.59. The van der Waals surface area contributed by atoms with Gasteiger partial charge in [0.15, 0.2) is 0 Å². The van der Waals surface area contributed by atoms with E-state index in [1.807, 2.05) is 0 Å². The van der Waals surface area contributed by atoms with Crippen LogP contribution in [-0.4, -0.2) is 5.97 Å². The summed E-state index contributed by atoms with van der Waals surface area (Å²) in [5, 5.41) is 0. The number of unbranched alkanes of at least 4 members (excludes halogenated alkanes) is 1. The third-order valence-corrected chi connectivity index (χ3v) is 5.17. The van der Waals surface area contributed by atoms with Gasteiger partial charge in [-0.1, -0.05) is 51.9 Å². The van der Waals surface area contributed by atoms with Crippen molar-refractivity contribution in [2.45, 2.75) is 70.9 Å². The van der Waals surface area contributed by atoms with E-state index in [0.717, 1.165) is 24.8 Å². The number of carbonyl (C=O) groups excluding carboxylic acids is 1. The first-order chi connectivity index (χ1) is 12.3. The summed E-state index contributed by atoms with van der Waals surface area (Å²) in [6.07, 6.45) is 4.53. The van der Waals surface area contributed by atoms with E-state index >= 15 is 0 Å². The molecule has 1 fully saturated rings. The molecule has 1 aromatic carbocycles. The summed E-state index contributed by atoms with van der Waals surface area (Å²) in [4.78, 5) is 11.9. The monoisotopic (exact) mass is 374 g/mol. The van der Waals surface area contributed by atoms with E-state index in [-0.39, 0.29) is 12.2 Å². The van der Waals surface area contributed by atoms with E-state index in [1.165, 1.54) is 32.1 Å². The van der Waals surface area contributed by atoms with Crippen molar-refractivity contribution >= 4 is 5.97 Å². The van der Waals surface area contributed by atoms with Gasteiger partial charge in [0.2, 0.25) is 0 Å². The summed E-state index contributed by atoms with van der Waals surface area (Å²) in [6, 6.07) is 2.18. The first-order valence-electron chi connectivity index (χ1n) is 9.37. The zero-order chi connectivity index (χ0) is 19.2. The maximum absolute atomic E-state index is 13.5. The first kappa shape index (κ1) is 20.7. The van der Waals surface area contributed by atoms with Gasteiger partial charge in [0.1, 0.15) is 11.6 Å². The van der Waals surface area contributed by atoms with Crippen LogP contribution in [0.5, 0.6) is 5.75 Å². The van der Waals surface area contributed by atoms with Crippen molar-refractivity contribution in [2.75, 3.05) is 0 Å². The van der Waals surface area contributed by atoms with Crippen molar-refractivity contribution < 1.29 is 27.1 Å². The molecule has 146 valence electrons. The molecule has 0 atom stereocenters. The van der Waals surface area contributed by atoms with Crippen LogP contribution < -0.4 is 4.74 Å². The highest BCUT2D eigenvalue weighted by Gasteiger charge is 2.34. The number of halogens is 4. The summed E-state index contributed by atoms with van der Waals surface area (Å²) >= 11 is 0. The highest BCUT2D eigenvalue weighted by atomic mass is 19.4. The zero-order valence-corrected chi connectivity index (χ0v) is 15.1. The molecule has 0 radical (unpaired) electrons. The number of hydrogen-bond acceptors (Lipinski definition) is 2. The fourth-order valence-electron chi connectivity index (χ4n) is 3.60. The van der Waals surface area contributed by atoms with Gasteiger partial charge in [0.05, 0.1) is 5.56 Å². The molecule has 0 spiro atoms. The molecule has 0 bridgehead atoms. The third kappa shape index (κ3) is 6.29. The number of alkyl halides is 3. The van der Waals surface area contributed by atoms with Gasteiger partial charge < -0.3 is 4.74 Å². The summed E-state index contributed by atoms with van der Waals surface area (Å²) in [7, 11) is 0. The van der Waals surface area contributed by atoms with Gasteiger partial charge in [-0.05, 0) is 30.4 Å². The van der Waals surface area contributed by atoms with Crippen LogP contribution in [0.2, 0.25) is 0 Å². The number of hydrogen-bond donors (Lipinski definition) is 0. The minimum Gasteiger partial charge on any atom is -0.426 e. The third-order valence-electron chi connectivity index (χ3n) is 5.17. The van der Waals surface area contributed by atoms with Crippen LogP contribution >= 0.6 is 0 Å². The van der Waals surface area contributed by atoms with Crippen molar-refractivity contribution in [3.05, 3.63) is 29.6 Å². The molecule has 2 rings (SSSR count). The molecule has 0 aliphatic heterocycles. The highest BCUT2D eigenvalue weighted by molar-refractivity contribution is 5.72. The molecule has 0 saturated heterocycles. The lowest BCUT2D eigenvalue weighted by atomic mass is 9.78. The molecule has 0 amide bonds. The summed E-state index contributed by atoms with van der Waals surface area (Å²) in [6.45, 7) is 2.19. The van der Waals surface area contributed by atoms with E-state index in [2.05, 4.69) is 6.92 Å². The van der Waals surface area contributed by atoms with Crippen LogP contribution in [0.15, 0.2) is 18.2 Å². The molecule has 0 heterocycles. The lowest BCUT2D eigenvalue weighted by molar-refractivity contribution is -0.140. The molecule has 0 unspecified atom stereocenters. The van der Waals surface area contributed by atoms with Crippen molar-refractivity contribution in [3.8, 4) is 5.75 Å². The van der Waals surface area contributed by atoms with E-state index in [4.69, 9.17) is 4.74 Å². The predicted octanol–water partition coefficient (Wildman–Crippen LogP) is 6.53. The van der Waals surface area contributed by atoms with Crippen LogP contribution in [0.25, 0.3) is 0 Å². The average Bonchev–Trinajstić information content (AvgIpc) is 2.58. The Kier molecular flexibility index (Phi) is 7.47. The van der Waals surface area contributed by atoms with E-state index < -0.39 is 23.5 Å². The quantitative estimate of drug-likeness (QED) is 0.308. The minimum atomic E-state index is -4.76. The van der Waals surface area contributed by atoms with Crippen LogP contribution in [-0.2, 0) is 11.0 Å². The number of rotatable bonds is 7. The standard InChI is InChI=1S/C20H26F4O2/c1-2-3-4-14-5-7-15(8-6-14)9-12-19(25)26-16-10-11-17(18(21)13-16)20(22,23)24/h10-11,13-15H,2-9,12H2,1H3. The highest BCUT2D eigenvalue weighted by Crippen LogP contribution is 2.35. The largest absolute Gasteiger partial charge is 0.426 e. The molecule has 26 heavy (non-hydrogen) atoms. The molecule has 1 aliphatic carbocycles. The molecular weight excluding hydrogens is 348 g/mol. The van der Waals surface area contributed by atoms with Gasteiger partial charge in [-0.3, -0.25) is 4.79 Å². The van der Waals surface area contributed by atoms with Crippen molar-refractivity contribution in [1.29, 1.82) is 0 Å². The van der Waals surface area contributed by atoms with Crippen LogP contribution in [0, 0.1) is 17.7 Å². The Morgan fingerprint density at radius 1 is 1.12 bits per heavy atom. The SMILES string of the molecule is CCCCC1CCC(CCC(=O)Oc2ccc(C(F)(F)F)c(F)c2)CC1. The van der Waals surface area contributed by atoms with Crippen LogP contribution in [0.4, 0.5) is 17.6 Å². The minimum absolute atomic E-state index is 0.191. The Morgan fingerprint density at radius 3 is 2.27 bits per heavy atom. The van der Waals surface area contributed by atoms with Gasteiger partial charge in [-0.25, -0.2) is 4.39 Å². The number of esters is 1. The lowest BCUT2D eigenvalue weighted by Gasteiger charge is -2.28. The molecule has 2 nitrogen and oxygen atoms in total. The van der Waals surface area contributed by atoms with Gasteiger partial charge in [-0.15, -0.1) is 0 Å². The second-order valence-corrected chi connectivity index (χ2v) is 7.18. The number of benzene rings is 1. The molecular formula is C20H26F4O2. The second kappa shape index (κ2) is 9.38. The van der Waals surface area contributed by atoms with Crippen molar-refractivity contribution in [1.82, 2.24) is 0 Å². The second-order valence-electron chi connectivity index (χ2n) is 7.18. The summed E-state index contributed by atoms with van der Waals surface area (Å²) < 4.78 is 56.0. The fraction of sp³-hybridized carbons (Fsp3) is 0.650. The van der Waals surface area contributed by atoms with E-state index in [9.17, 15) is 22.4 Å². The van der Waals surface area contributed by atoms with Gasteiger partial charge in [0.25, 0.3) is 0 Å². The smallest absolute Gasteiger partial charge is 0.419 e. The lowest BCUT2D eigenvalue weighted by Crippen LogP contribution is -2.17. The van der Waals surface area contributed by atoms with Gasteiger partial charge in [0, 0.05) is 12.5 Å². The molecule has 1 aliphatic rings. The van der Waals surface area contributed by atoms with E-state index in [0.29, 0.717) is 24.5 Å². The van der Waals surface area contributed by atoms with E-state index in [1.54, 1.807) is 0 Å². The Morgan fingerprint density at radius 2 is 1.73 bits per heavy atom. The Balaban J connectivity index is 1.75. The van der Waals surface area contributed by atoms with Gasteiger partial charge in [-0.2, -0.15) is 13.2 Å². The Bertz CT molecular complexity index is 590. The van der Waals surface area contributed by atoms with Crippen LogP contribution in [0.1, 0.15) is 70.3 Å². The average molecular weight is 374 g/mol. The normalized spacial score (nSPS) is 20.8. The molecule has 1 aromatic rings. The first-order valence-corrected chi connectivity index (χ1v) is 9.37. The van der Waals surface area contributed by atoms with Crippen molar-refractivity contribution in [2.24, 2.45) is 11.8 Å². The van der Waals surface area contributed by atoms with Gasteiger partial charge >= 0.3 is 12.1 Å². The number of carbonyl (C=O) groups is 1. The Labute approximate surface area is 151 Å². The maximum atomic E-state index is 13.5. The maximum Gasteiger partial charge on any atom is 0.419 e. The van der Waals surface area contributed by atoms with Crippen molar-refractivity contribution in [3.63, 3.8) is 0 Å².